The van der Waals surface area contributed by atoms with Crippen molar-refractivity contribution in [1.82, 2.24) is 10.2 Å². The molecule has 3 rings (SSSR count). The average Bonchev–Trinajstić information content (AvgIpc) is 2.73. The average molecular weight is 416 g/mol. The number of nitrogens with one attached hydrogen (secondary N) is 2. The highest BCUT2D eigenvalue weighted by Crippen LogP contribution is 2.31. The summed E-state index contributed by atoms with van der Waals surface area (Å²) in [4.78, 5) is 26.8. The molecule has 1 heterocycles. The highest BCUT2D eigenvalue weighted by Gasteiger charge is 2.33. The Morgan fingerprint density at radius 1 is 1.21 bits per heavy atom. The van der Waals surface area contributed by atoms with Gasteiger partial charge in [0.25, 0.3) is 0 Å². The van der Waals surface area contributed by atoms with E-state index in [1.165, 1.54) is 6.42 Å². The van der Waals surface area contributed by atoms with E-state index in [2.05, 4.69) is 10.6 Å². The van der Waals surface area contributed by atoms with Gasteiger partial charge in [-0.2, -0.15) is 0 Å². The number of anilines is 1. The minimum absolute atomic E-state index is 0.0963. The molecule has 1 atom stereocenters. The molecule has 7 heteroatoms. The minimum atomic E-state index is -0.388. The van der Waals surface area contributed by atoms with Gasteiger partial charge in [-0.3, -0.25) is 4.79 Å². The van der Waals surface area contributed by atoms with Crippen LogP contribution in [0.3, 0.4) is 0 Å². The van der Waals surface area contributed by atoms with Gasteiger partial charge in [-0.25, -0.2) is 4.79 Å². The number of esters is 1. The Balaban J connectivity index is 1.79. The van der Waals surface area contributed by atoms with Crippen molar-refractivity contribution in [2.75, 3.05) is 19.0 Å². The van der Waals surface area contributed by atoms with Crippen molar-refractivity contribution in [3.8, 4) is 0 Å². The quantitative estimate of drug-likeness (QED) is 0.561. The first-order valence-electron chi connectivity index (χ1n) is 10.2. The third-order valence-electron chi connectivity index (χ3n) is 5.74. The van der Waals surface area contributed by atoms with Crippen LogP contribution in [0, 0.1) is 5.92 Å². The molecule has 1 aromatic carbocycles. The van der Waals surface area contributed by atoms with Gasteiger partial charge >= 0.3 is 5.97 Å². The van der Waals surface area contributed by atoms with Crippen LogP contribution in [0.1, 0.15) is 57.6 Å². The summed E-state index contributed by atoms with van der Waals surface area (Å²) in [5, 5.41) is 6.80. The van der Waals surface area contributed by atoms with E-state index in [0.717, 1.165) is 42.6 Å². The number of hydrogen-bond acceptors (Lipinski definition) is 4. The number of benzene rings is 1. The van der Waals surface area contributed by atoms with E-state index in [4.69, 9.17) is 17.0 Å². The Labute approximate surface area is 177 Å². The van der Waals surface area contributed by atoms with E-state index in [-0.39, 0.29) is 23.8 Å². The first-order valence-corrected chi connectivity index (χ1v) is 10.7. The minimum Gasteiger partial charge on any atom is -0.463 e. The largest absolute Gasteiger partial charge is 0.463 e. The fourth-order valence-corrected chi connectivity index (χ4v) is 4.18. The van der Waals surface area contributed by atoms with Crippen molar-refractivity contribution >= 4 is 34.9 Å². The molecule has 1 saturated carbocycles. The molecule has 1 aromatic rings. The highest BCUT2D eigenvalue weighted by atomic mass is 32.1. The second kappa shape index (κ2) is 9.39. The van der Waals surface area contributed by atoms with E-state index in [9.17, 15) is 9.59 Å². The van der Waals surface area contributed by atoms with Crippen LogP contribution in [-0.4, -0.2) is 35.5 Å². The number of carbonyl (C=O) groups is 2. The van der Waals surface area contributed by atoms with Gasteiger partial charge < -0.3 is 20.3 Å². The number of hydrogen-bond donors (Lipinski definition) is 2. The molecular weight excluding hydrogens is 386 g/mol. The molecule has 1 aliphatic heterocycles. The van der Waals surface area contributed by atoms with Gasteiger partial charge in [0.15, 0.2) is 5.11 Å². The lowest BCUT2D eigenvalue weighted by Gasteiger charge is -2.35. The molecule has 1 fully saturated rings. The SMILES string of the molecule is CCOC(=O)C1=C(C)N(C)C(=S)NC1c1ccc(NC(=O)C2CCCCC2)cc1. The third-order valence-corrected chi connectivity index (χ3v) is 6.13. The topological polar surface area (TPSA) is 70.7 Å². The number of amides is 1. The Morgan fingerprint density at radius 3 is 2.48 bits per heavy atom. The van der Waals surface area contributed by atoms with Crippen LogP contribution in [0.2, 0.25) is 0 Å². The maximum atomic E-state index is 12.6. The van der Waals surface area contributed by atoms with Crippen LogP contribution >= 0.6 is 12.2 Å². The Hall–Kier alpha value is -2.41. The summed E-state index contributed by atoms with van der Waals surface area (Å²) >= 11 is 5.41. The van der Waals surface area contributed by atoms with Crippen LogP contribution in [0.5, 0.6) is 0 Å². The molecule has 0 bridgehead atoms. The maximum Gasteiger partial charge on any atom is 0.338 e. The van der Waals surface area contributed by atoms with Crippen molar-refractivity contribution in [2.24, 2.45) is 5.92 Å². The van der Waals surface area contributed by atoms with E-state index in [0.29, 0.717) is 17.3 Å². The van der Waals surface area contributed by atoms with Crippen molar-refractivity contribution < 1.29 is 14.3 Å². The molecule has 0 aromatic heterocycles. The number of nitrogens with zero attached hydrogens (tertiary/aromatic N) is 1. The monoisotopic (exact) mass is 415 g/mol. The summed E-state index contributed by atoms with van der Waals surface area (Å²) in [7, 11) is 1.82. The van der Waals surface area contributed by atoms with Crippen LogP contribution in [0.4, 0.5) is 5.69 Å². The third kappa shape index (κ3) is 4.78. The lowest BCUT2D eigenvalue weighted by Crippen LogP contribution is -2.46. The fraction of sp³-hybridized carbons (Fsp3) is 0.500. The number of rotatable bonds is 5. The van der Waals surface area contributed by atoms with Crippen LogP contribution in [0.25, 0.3) is 0 Å². The molecule has 29 heavy (non-hydrogen) atoms. The van der Waals surface area contributed by atoms with E-state index in [1.807, 2.05) is 38.2 Å². The molecule has 1 amide bonds. The van der Waals surface area contributed by atoms with Crippen LogP contribution < -0.4 is 10.6 Å². The summed E-state index contributed by atoms with van der Waals surface area (Å²) < 4.78 is 5.27. The zero-order chi connectivity index (χ0) is 21.0. The van der Waals surface area contributed by atoms with E-state index in [1.54, 1.807) is 11.8 Å². The Bertz CT molecular complexity index is 813. The number of ether oxygens (including phenoxy) is 1. The van der Waals surface area contributed by atoms with Gasteiger partial charge in [0.05, 0.1) is 18.2 Å². The number of carbonyl (C=O) groups excluding carboxylic acids is 2. The van der Waals surface area contributed by atoms with Crippen molar-refractivity contribution in [3.63, 3.8) is 0 Å². The van der Waals surface area contributed by atoms with Gasteiger partial charge in [0.1, 0.15) is 0 Å². The van der Waals surface area contributed by atoms with Crippen LogP contribution in [-0.2, 0) is 14.3 Å². The van der Waals surface area contributed by atoms with Gasteiger partial charge in [-0.15, -0.1) is 0 Å². The van der Waals surface area contributed by atoms with Crippen LogP contribution in [0.15, 0.2) is 35.5 Å². The van der Waals surface area contributed by atoms with Gasteiger partial charge in [-0.05, 0) is 56.6 Å². The molecule has 6 nitrogen and oxygen atoms in total. The first-order chi connectivity index (χ1) is 13.9. The predicted molar refractivity (Wildman–Crippen MR) is 117 cm³/mol. The number of thiocarbonyl (C=S) groups is 1. The molecule has 1 unspecified atom stereocenters. The molecule has 1 aliphatic carbocycles. The Kier molecular flexibility index (Phi) is 6.90. The molecule has 0 radical (unpaired) electrons. The van der Waals surface area contributed by atoms with Crippen molar-refractivity contribution in [1.29, 1.82) is 0 Å². The molecule has 0 saturated heterocycles. The molecular formula is C22H29N3O3S. The lowest BCUT2D eigenvalue weighted by atomic mass is 9.88. The summed E-state index contributed by atoms with van der Waals surface area (Å²) in [6.07, 6.45) is 5.41. The summed E-state index contributed by atoms with van der Waals surface area (Å²) in [6, 6.07) is 7.18. The molecule has 156 valence electrons. The molecule has 2 N–H and O–H groups in total. The predicted octanol–water partition coefficient (Wildman–Crippen LogP) is 3.90. The highest BCUT2D eigenvalue weighted by molar-refractivity contribution is 7.80. The summed E-state index contributed by atoms with van der Waals surface area (Å²) in [6.45, 7) is 3.96. The second-order valence-corrected chi connectivity index (χ2v) is 7.99. The fourth-order valence-electron chi connectivity index (χ4n) is 3.93. The zero-order valence-corrected chi connectivity index (χ0v) is 18.1. The lowest BCUT2D eigenvalue weighted by molar-refractivity contribution is -0.139. The maximum absolute atomic E-state index is 12.6. The van der Waals surface area contributed by atoms with E-state index >= 15 is 0 Å². The van der Waals surface area contributed by atoms with E-state index < -0.39 is 0 Å². The zero-order valence-electron chi connectivity index (χ0n) is 17.3. The van der Waals surface area contributed by atoms with Gasteiger partial charge in [-0.1, -0.05) is 31.4 Å². The summed E-state index contributed by atoms with van der Waals surface area (Å²) in [5.74, 6) is -0.150. The van der Waals surface area contributed by atoms with Gasteiger partial charge in [0.2, 0.25) is 5.91 Å². The normalized spacial score (nSPS) is 20.3. The smallest absolute Gasteiger partial charge is 0.338 e. The van der Waals surface area contributed by atoms with Gasteiger partial charge in [0, 0.05) is 24.4 Å². The standard InChI is InChI=1S/C22H29N3O3S/c1-4-28-21(27)18-14(2)25(3)22(29)24-19(18)15-10-12-17(13-11-15)23-20(26)16-8-6-5-7-9-16/h10-13,16,19H,4-9H2,1-3H3,(H,23,26)(H,24,29). The van der Waals surface area contributed by atoms with Crippen molar-refractivity contribution in [2.45, 2.75) is 52.0 Å². The summed E-state index contributed by atoms with van der Waals surface area (Å²) in [5.41, 5.74) is 2.96. The second-order valence-electron chi connectivity index (χ2n) is 7.61. The molecule has 0 spiro atoms. The van der Waals surface area contributed by atoms with Crippen molar-refractivity contribution in [3.05, 3.63) is 41.1 Å². The first kappa shape index (κ1) is 21.3. The Morgan fingerprint density at radius 2 is 1.86 bits per heavy atom. The molecule has 2 aliphatic rings. The number of allylic oxidation sites excluding steroid dienone is 1.